The highest BCUT2D eigenvalue weighted by molar-refractivity contribution is 5.94. The van der Waals surface area contributed by atoms with Gasteiger partial charge in [-0.1, -0.05) is 6.07 Å². The molecule has 7 heteroatoms. The number of hydrogen-bond donors (Lipinski definition) is 2. The average molecular weight is 354 g/mol. The fraction of sp³-hybridized carbons (Fsp3) is 0.529. The number of anilines is 1. The normalized spacial score (nSPS) is 19.3. The Kier molecular flexibility index (Phi) is 6.45. The van der Waals surface area contributed by atoms with Gasteiger partial charge in [-0.25, -0.2) is 0 Å². The number of carbonyl (C=O) groups excluding carboxylic acids is 2. The molecule has 2 aliphatic rings. The smallest absolute Gasteiger partial charge is 0.260 e. The number of rotatable bonds is 6. The Morgan fingerprint density at radius 1 is 1.33 bits per heavy atom. The Hall–Kier alpha value is -1.79. The van der Waals surface area contributed by atoms with Crippen molar-refractivity contribution in [2.24, 2.45) is 5.92 Å². The van der Waals surface area contributed by atoms with Crippen LogP contribution in [0.1, 0.15) is 19.3 Å². The average Bonchev–Trinajstić information content (AvgIpc) is 3.27. The lowest BCUT2D eigenvalue weighted by Gasteiger charge is -2.23. The molecule has 2 amide bonds. The third-order valence-electron chi connectivity index (χ3n) is 4.39. The fourth-order valence-corrected chi connectivity index (χ4v) is 2.67. The molecule has 1 aliphatic heterocycles. The molecule has 0 bridgehead atoms. The van der Waals surface area contributed by atoms with Gasteiger partial charge in [0.2, 0.25) is 5.91 Å². The van der Waals surface area contributed by atoms with Gasteiger partial charge in [-0.15, -0.1) is 12.4 Å². The van der Waals surface area contributed by atoms with Crippen molar-refractivity contribution in [2.75, 3.05) is 32.1 Å². The first-order valence-corrected chi connectivity index (χ1v) is 8.13. The summed E-state index contributed by atoms with van der Waals surface area (Å²) in [5.74, 6) is 0.775. The summed E-state index contributed by atoms with van der Waals surface area (Å²) in [5.41, 5.74) is 0.709. The van der Waals surface area contributed by atoms with Gasteiger partial charge in [0.15, 0.2) is 6.61 Å². The lowest BCUT2D eigenvalue weighted by molar-refractivity contribution is -0.133. The minimum atomic E-state index is -0.0360. The molecule has 3 rings (SSSR count). The van der Waals surface area contributed by atoms with Crippen LogP contribution in [0, 0.1) is 5.92 Å². The number of nitrogens with one attached hydrogen (secondary N) is 2. The molecule has 6 nitrogen and oxygen atoms in total. The van der Waals surface area contributed by atoms with Crippen LogP contribution >= 0.6 is 12.4 Å². The molecule has 2 fully saturated rings. The lowest BCUT2D eigenvalue weighted by atomic mass is 10.2. The highest BCUT2D eigenvalue weighted by Crippen LogP contribution is 2.30. The Bertz CT molecular complexity index is 586. The van der Waals surface area contributed by atoms with Crippen LogP contribution in [0.25, 0.3) is 0 Å². The molecule has 1 atom stereocenters. The fourth-order valence-electron chi connectivity index (χ4n) is 2.67. The van der Waals surface area contributed by atoms with Crippen molar-refractivity contribution in [3.63, 3.8) is 0 Å². The van der Waals surface area contributed by atoms with Gasteiger partial charge in [0.1, 0.15) is 5.75 Å². The predicted octanol–water partition coefficient (Wildman–Crippen LogP) is 1.66. The van der Waals surface area contributed by atoms with Crippen molar-refractivity contribution < 1.29 is 14.3 Å². The molecule has 1 aromatic carbocycles. The van der Waals surface area contributed by atoms with Crippen molar-refractivity contribution in [3.8, 4) is 5.75 Å². The molecule has 1 heterocycles. The number of likely N-dealkylation sites (N-methyl/N-ethyl adjacent to an activating group) is 1. The largest absolute Gasteiger partial charge is 0.484 e. The first-order valence-electron chi connectivity index (χ1n) is 8.13. The van der Waals surface area contributed by atoms with E-state index in [0.29, 0.717) is 11.4 Å². The number of carbonyl (C=O) groups is 2. The number of amides is 2. The quantitative estimate of drug-likeness (QED) is 0.816. The summed E-state index contributed by atoms with van der Waals surface area (Å²) in [4.78, 5) is 25.7. The number of nitrogens with zero attached hydrogens (tertiary/aromatic N) is 1. The van der Waals surface area contributed by atoms with Crippen LogP contribution in [-0.4, -0.2) is 49.5 Å². The molecule has 24 heavy (non-hydrogen) atoms. The molecule has 0 spiro atoms. The van der Waals surface area contributed by atoms with Crippen molar-refractivity contribution in [1.29, 1.82) is 0 Å². The molecule has 132 valence electrons. The summed E-state index contributed by atoms with van der Waals surface area (Å²) in [6.07, 6.45) is 2.92. The van der Waals surface area contributed by atoms with Crippen molar-refractivity contribution in [3.05, 3.63) is 24.3 Å². The van der Waals surface area contributed by atoms with Crippen molar-refractivity contribution in [1.82, 2.24) is 10.2 Å². The van der Waals surface area contributed by atoms with Gasteiger partial charge in [0.05, 0.1) is 0 Å². The zero-order valence-corrected chi connectivity index (χ0v) is 14.6. The van der Waals surface area contributed by atoms with E-state index < -0.39 is 0 Å². The first kappa shape index (κ1) is 18.5. The molecule has 1 saturated heterocycles. The summed E-state index contributed by atoms with van der Waals surface area (Å²) in [5, 5.41) is 6.12. The van der Waals surface area contributed by atoms with Crippen LogP contribution in [0.3, 0.4) is 0 Å². The van der Waals surface area contributed by atoms with Crippen LogP contribution in [0.4, 0.5) is 5.69 Å². The summed E-state index contributed by atoms with van der Waals surface area (Å²) < 4.78 is 5.58. The second-order valence-corrected chi connectivity index (χ2v) is 6.23. The maximum atomic E-state index is 12.2. The number of benzene rings is 1. The van der Waals surface area contributed by atoms with E-state index in [9.17, 15) is 9.59 Å². The first-order chi connectivity index (χ1) is 11.1. The molecule has 1 aromatic rings. The van der Waals surface area contributed by atoms with E-state index in [0.717, 1.165) is 32.4 Å². The summed E-state index contributed by atoms with van der Waals surface area (Å²) in [6.45, 7) is 1.80. The van der Waals surface area contributed by atoms with Gasteiger partial charge < -0.3 is 20.3 Å². The molecular formula is C17H24ClN3O3. The van der Waals surface area contributed by atoms with Gasteiger partial charge in [0, 0.05) is 37.3 Å². The highest BCUT2D eigenvalue weighted by atomic mass is 35.5. The Labute approximate surface area is 148 Å². The second-order valence-electron chi connectivity index (χ2n) is 6.23. The van der Waals surface area contributed by atoms with E-state index in [1.165, 1.54) is 0 Å². The van der Waals surface area contributed by atoms with E-state index in [1.807, 2.05) is 19.2 Å². The molecule has 1 unspecified atom stereocenters. The van der Waals surface area contributed by atoms with Crippen LogP contribution < -0.4 is 15.4 Å². The Morgan fingerprint density at radius 2 is 2.12 bits per heavy atom. The van der Waals surface area contributed by atoms with E-state index >= 15 is 0 Å². The van der Waals surface area contributed by atoms with Gasteiger partial charge in [-0.2, -0.15) is 0 Å². The summed E-state index contributed by atoms with van der Waals surface area (Å²) in [6, 6.07) is 7.43. The van der Waals surface area contributed by atoms with Crippen LogP contribution in [0.15, 0.2) is 24.3 Å². The van der Waals surface area contributed by atoms with Gasteiger partial charge in [-0.3, -0.25) is 9.59 Å². The van der Waals surface area contributed by atoms with E-state index in [4.69, 9.17) is 4.74 Å². The lowest BCUT2D eigenvalue weighted by Crippen LogP contribution is -2.40. The second kappa shape index (κ2) is 8.35. The van der Waals surface area contributed by atoms with E-state index in [-0.39, 0.29) is 42.8 Å². The monoisotopic (exact) mass is 353 g/mol. The zero-order valence-electron chi connectivity index (χ0n) is 13.8. The molecule has 1 saturated carbocycles. The maximum absolute atomic E-state index is 12.2. The summed E-state index contributed by atoms with van der Waals surface area (Å²) in [7, 11) is 1.82. The van der Waals surface area contributed by atoms with Gasteiger partial charge in [-0.05, 0) is 37.9 Å². The van der Waals surface area contributed by atoms with E-state index in [2.05, 4.69) is 10.6 Å². The number of hydrogen-bond acceptors (Lipinski definition) is 4. The topological polar surface area (TPSA) is 70.7 Å². The van der Waals surface area contributed by atoms with E-state index in [1.54, 1.807) is 17.0 Å². The molecular weight excluding hydrogens is 330 g/mol. The van der Waals surface area contributed by atoms with Crippen molar-refractivity contribution >= 4 is 29.9 Å². The molecule has 2 N–H and O–H groups in total. The summed E-state index contributed by atoms with van der Waals surface area (Å²) >= 11 is 0. The van der Waals surface area contributed by atoms with Gasteiger partial charge >= 0.3 is 0 Å². The third kappa shape index (κ3) is 4.85. The standard InChI is InChI=1S/C17H23N3O3.ClH/c1-20(14-7-8-18-10-14)16(21)11-23-15-4-2-3-13(9-15)19-17(22)12-5-6-12;/h2-4,9,12,14,18H,5-8,10-11H2,1H3,(H,19,22);1H. The number of ether oxygens (including phenoxy) is 1. The Balaban J connectivity index is 0.00000208. The third-order valence-corrected chi connectivity index (χ3v) is 4.39. The molecule has 0 radical (unpaired) electrons. The SMILES string of the molecule is CN(C(=O)COc1cccc(NC(=O)C2CC2)c1)C1CCNC1.Cl. The van der Waals surface area contributed by atoms with Crippen LogP contribution in [0.2, 0.25) is 0 Å². The minimum absolute atomic E-state index is 0. The molecule has 1 aliphatic carbocycles. The minimum Gasteiger partial charge on any atom is -0.484 e. The highest BCUT2D eigenvalue weighted by Gasteiger charge is 2.29. The van der Waals surface area contributed by atoms with Gasteiger partial charge in [0.25, 0.3) is 5.91 Å². The predicted molar refractivity (Wildman–Crippen MR) is 94.6 cm³/mol. The molecule has 0 aromatic heterocycles. The van der Waals surface area contributed by atoms with Crippen LogP contribution in [-0.2, 0) is 9.59 Å². The zero-order chi connectivity index (χ0) is 16.2. The van der Waals surface area contributed by atoms with Crippen molar-refractivity contribution in [2.45, 2.75) is 25.3 Å². The van der Waals surface area contributed by atoms with Crippen LogP contribution in [0.5, 0.6) is 5.75 Å². The number of halogens is 1. The maximum Gasteiger partial charge on any atom is 0.260 e. The Morgan fingerprint density at radius 3 is 2.79 bits per heavy atom.